The Bertz CT molecular complexity index is 2380. The summed E-state index contributed by atoms with van der Waals surface area (Å²) < 4.78 is 22.0. The van der Waals surface area contributed by atoms with E-state index in [1.165, 1.54) is 10.6 Å². The smallest absolute Gasteiger partial charge is 0.343 e. The Morgan fingerprint density at radius 3 is 2.60 bits per heavy atom. The summed E-state index contributed by atoms with van der Waals surface area (Å²) in [6, 6.07) is 11.7. The van der Waals surface area contributed by atoms with Crippen LogP contribution in [0.25, 0.3) is 22.3 Å². The van der Waals surface area contributed by atoms with Gasteiger partial charge in [-0.1, -0.05) is 37.3 Å². The fourth-order valence-corrected chi connectivity index (χ4v) is 8.34. The number of ether oxygens (including phenoxy) is 1. The Morgan fingerprint density at radius 1 is 1.09 bits per heavy atom. The number of aryl methyl sites for hydroxylation is 1. The normalized spacial score (nSPS) is 18.2. The zero-order valence-electron chi connectivity index (χ0n) is 31.8. The molecular formula is C42H45FN6O8. The van der Waals surface area contributed by atoms with E-state index in [0.717, 1.165) is 22.1 Å². The van der Waals surface area contributed by atoms with Crippen molar-refractivity contribution < 1.29 is 38.2 Å². The van der Waals surface area contributed by atoms with Crippen LogP contribution in [-0.4, -0.2) is 63.8 Å². The highest BCUT2D eigenvalue weighted by Gasteiger charge is 2.46. The van der Waals surface area contributed by atoms with Crippen LogP contribution < -0.4 is 27.2 Å². The minimum absolute atomic E-state index is 0.0128. The molecule has 1 aliphatic carbocycles. The zero-order chi connectivity index (χ0) is 40.6. The number of benzene rings is 2. The number of amides is 3. The molecule has 14 nitrogen and oxygen atoms in total. The molecule has 6 N–H and O–H groups in total. The summed E-state index contributed by atoms with van der Waals surface area (Å²) in [4.78, 5) is 82.5. The van der Waals surface area contributed by atoms with Gasteiger partial charge in [0.1, 0.15) is 12.4 Å². The number of hydrogen-bond donors (Lipinski definition) is 5. The summed E-state index contributed by atoms with van der Waals surface area (Å²) >= 11 is 0. The number of ketones is 1. The number of Topliss-reactive ketones (excluding diaryl/α,β-unsaturated/α-hetero) is 1. The van der Waals surface area contributed by atoms with E-state index in [-0.39, 0.29) is 80.8 Å². The molecule has 298 valence electrons. The number of esters is 1. The van der Waals surface area contributed by atoms with Gasteiger partial charge >= 0.3 is 5.97 Å². The van der Waals surface area contributed by atoms with Gasteiger partial charge in [-0.3, -0.25) is 24.0 Å². The van der Waals surface area contributed by atoms with Crippen LogP contribution in [0.2, 0.25) is 0 Å². The summed E-state index contributed by atoms with van der Waals surface area (Å²) in [5.74, 6) is -3.34. The highest BCUT2D eigenvalue weighted by molar-refractivity contribution is 5.94. The fraction of sp³-hybridized carbons (Fsp3) is 0.405. The average molecular weight is 781 g/mol. The van der Waals surface area contributed by atoms with Gasteiger partial charge in [-0.15, -0.1) is 0 Å². The molecule has 0 bridgehead atoms. The topological polar surface area (TPSA) is 212 Å². The number of rotatable bonds is 14. The van der Waals surface area contributed by atoms with E-state index in [9.17, 15) is 33.9 Å². The van der Waals surface area contributed by atoms with Gasteiger partial charge in [-0.05, 0) is 67.3 Å². The maximum absolute atomic E-state index is 15.3. The molecule has 3 atom stereocenters. The van der Waals surface area contributed by atoms with Gasteiger partial charge in [0.15, 0.2) is 11.4 Å². The van der Waals surface area contributed by atoms with Gasteiger partial charge in [-0.25, -0.2) is 14.2 Å². The largest absolute Gasteiger partial charge is 0.458 e. The number of carbonyl (C=O) groups excluding carboxylic acids is 5. The summed E-state index contributed by atoms with van der Waals surface area (Å²) in [5, 5.41) is 20.5. The van der Waals surface area contributed by atoms with Crippen LogP contribution in [0.4, 0.5) is 4.39 Å². The maximum Gasteiger partial charge on any atom is 0.343 e. The van der Waals surface area contributed by atoms with Crippen LogP contribution in [-0.2, 0) is 60.3 Å². The Labute approximate surface area is 327 Å². The molecule has 3 aliphatic rings. The van der Waals surface area contributed by atoms with E-state index in [1.807, 2.05) is 30.3 Å². The molecule has 57 heavy (non-hydrogen) atoms. The van der Waals surface area contributed by atoms with Gasteiger partial charge < -0.3 is 36.1 Å². The van der Waals surface area contributed by atoms with Crippen molar-refractivity contribution in [2.24, 2.45) is 11.7 Å². The van der Waals surface area contributed by atoms with Gasteiger partial charge in [-0.2, -0.15) is 0 Å². The lowest BCUT2D eigenvalue weighted by atomic mass is 9.81. The Morgan fingerprint density at radius 2 is 1.86 bits per heavy atom. The van der Waals surface area contributed by atoms with Crippen LogP contribution in [0.15, 0.2) is 47.3 Å². The maximum atomic E-state index is 15.3. The van der Waals surface area contributed by atoms with Crippen LogP contribution in [0.3, 0.4) is 0 Å². The van der Waals surface area contributed by atoms with Crippen LogP contribution in [0, 0.1) is 18.7 Å². The molecule has 0 spiro atoms. The van der Waals surface area contributed by atoms with E-state index >= 15 is 4.39 Å². The first kappa shape index (κ1) is 39.4. The highest BCUT2D eigenvalue weighted by atomic mass is 19.1. The molecule has 15 heteroatoms. The Kier molecular flexibility index (Phi) is 11.1. The molecule has 4 heterocycles. The molecule has 4 aromatic rings. The van der Waals surface area contributed by atoms with Crippen LogP contribution in [0.1, 0.15) is 84.0 Å². The highest BCUT2D eigenvalue weighted by Crippen LogP contribution is 2.46. The summed E-state index contributed by atoms with van der Waals surface area (Å²) in [6.07, 6.45) is 1.54. The van der Waals surface area contributed by atoms with Crippen molar-refractivity contribution in [1.29, 1.82) is 0 Å². The van der Waals surface area contributed by atoms with Crippen LogP contribution in [0.5, 0.6) is 0 Å². The molecular weight excluding hydrogens is 735 g/mol. The second-order valence-corrected chi connectivity index (χ2v) is 15.0. The van der Waals surface area contributed by atoms with E-state index in [0.29, 0.717) is 53.7 Å². The molecule has 0 saturated carbocycles. The standard InChI is InChI=1S/C42H45FN6O8/c1-3-42(56)29-16-33-38-27(20-49(33)40(54)28(29)21-57-41(42)55)37-31(12-11-26-22(2)30(43)17-32(48-38)36(26)37)47-34(51)10-7-13-45-39(53)24(14-23-8-5-4-6-9-23)15-25(50)19-46-35(52)18-44/h4-6,8-9,16-17,24,31,56H,3,7,10-15,18-21,44H2,1-2H3,(H,45,53)(H,46,52)(H,47,51)/t24-,31+,42+/m1/s1. The second kappa shape index (κ2) is 16.0. The van der Waals surface area contributed by atoms with E-state index < -0.39 is 40.8 Å². The fourth-order valence-electron chi connectivity index (χ4n) is 8.34. The summed E-state index contributed by atoms with van der Waals surface area (Å²) in [5.41, 5.74) is 8.00. The first-order valence-electron chi connectivity index (χ1n) is 19.3. The number of hydrogen-bond acceptors (Lipinski definition) is 10. The van der Waals surface area contributed by atoms with Crippen molar-refractivity contribution in [1.82, 2.24) is 25.5 Å². The van der Waals surface area contributed by atoms with Gasteiger partial charge in [0, 0.05) is 47.9 Å². The molecule has 7 rings (SSSR count). The lowest BCUT2D eigenvalue weighted by Gasteiger charge is -2.31. The third kappa shape index (κ3) is 7.44. The van der Waals surface area contributed by atoms with Crippen molar-refractivity contribution in [3.8, 4) is 11.4 Å². The predicted molar refractivity (Wildman–Crippen MR) is 206 cm³/mol. The minimum atomic E-state index is -2.01. The van der Waals surface area contributed by atoms with Gasteiger partial charge in [0.25, 0.3) is 5.56 Å². The van der Waals surface area contributed by atoms with Crippen molar-refractivity contribution in [3.05, 3.63) is 97.6 Å². The number of cyclic esters (lactones) is 1. The molecule has 2 aliphatic heterocycles. The number of aromatic nitrogens is 2. The third-order valence-corrected chi connectivity index (χ3v) is 11.4. The van der Waals surface area contributed by atoms with Crippen LogP contribution >= 0.6 is 0 Å². The van der Waals surface area contributed by atoms with E-state index in [1.54, 1.807) is 19.9 Å². The summed E-state index contributed by atoms with van der Waals surface area (Å²) in [7, 11) is 0. The number of nitrogens with one attached hydrogen (secondary N) is 3. The van der Waals surface area contributed by atoms with Gasteiger partial charge in [0.05, 0.1) is 48.1 Å². The molecule has 0 saturated heterocycles. The number of carbonyl (C=O) groups is 5. The number of halogens is 1. The van der Waals surface area contributed by atoms with Gasteiger partial charge in [0.2, 0.25) is 17.7 Å². The van der Waals surface area contributed by atoms with Crippen molar-refractivity contribution in [2.45, 2.75) is 83.6 Å². The minimum Gasteiger partial charge on any atom is -0.458 e. The number of aliphatic hydroxyl groups is 1. The lowest BCUT2D eigenvalue weighted by molar-refractivity contribution is -0.172. The number of pyridine rings is 2. The molecule has 2 aromatic carbocycles. The molecule has 0 radical (unpaired) electrons. The quantitative estimate of drug-likeness (QED) is 0.0821. The molecule has 3 amide bonds. The number of nitrogens with two attached hydrogens (primary N) is 1. The number of nitrogens with zero attached hydrogens (tertiary/aromatic N) is 2. The van der Waals surface area contributed by atoms with Crippen molar-refractivity contribution >= 4 is 40.4 Å². The summed E-state index contributed by atoms with van der Waals surface area (Å²) in [6.45, 7) is 2.88. The Hall–Kier alpha value is -5.80. The van der Waals surface area contributed by atoms with E-state index in [2.05, 4.69) is 16.0 Å². The monoisotopic (exact) mass is 780 g/mol. The SMILES string of the molecule is CC[C@@]1(O)C(=O)OCc2c1cc1n(c2=O)Cc2c-1nc1cc(F)c(C)c3c1c2[C@@H](NC(=O)CCCNC(=O)[C@@H](CC(=O)CNC(=O)CN)Cc1ccccc1)CC3. The van der Waals surface area contributed by atoms with E-state index in [4.69, 9.17) is 15.5 Å². The van der Waals surface area contributed by atoms with Crippen molar-refractivity contribution in [3.63, 3.8) is 0 Å². The predicted octanol–water partition coefficient (Wildman–Crippen LogP) is 2.42. The van der Waals surface area contributed by atoms with Crippen molar-refractivity contribution in [2.75, 3.05) is 19.6 Å². The average Bonchev–Trinajstić information content (AvgIpc) is 3.58. The number of fused-ring (bicyclic) bond motifs is 5. The Balaban J connectivity index is 1.09. The zero-order valence-corrected chi connectivity index (χ0v) is 31.8. The lowest BCUT2D eigenvalue weighted by Crippen LogP contribution is -2.44. The first-order chi connectivity index (χ1) is 27.3. The molecule has 2 aromatic heterocycles. The first-order valence-corrected chi connectivity index (χ1v) is 19.3. The molecule has 0 fully saturated rings. The third-order valence-electron chi connectivity index (χ3n) is 11.4. The second-order valence-electron chi connectivity index (χ2n) is 15.0. The molecule has 0 unspecified atom stereocenters.